The van der Waals surface area contributed by atoms with Gasteiger partial charge in [0.15, 0.2) is 5.16 Å². The monoisotopic (exact) mass is 463 g/mol. The highest BCUT2D eigenvalue weighted by Crippen LogP contribution is 2.21. The summed E-state index contributed by atoms with van der Waals surface area (Å²) in [6.45, 7) is 6.85. The Bertz CT molecular complexity index is 1130. The quantitative estimate of drug-likeness (QED) is 0.566. The van der Waals surface area contributed by atoms with Crippen LogP contribution in [0, 0.1) is 13.8 Å². The highest BCUT2D eigenvalue weighted by Gasteiger charge is 2.24. The lowest BCUT2D eigenvalue weighted by atomic mass is 10.1. The van der Waals surface area contributed by atoms with Crippen molar-refractivity contribution < 1.29 is 9.59 Å². The van der Waals surface area contributed by atoms with Crippen LogP contribution in [0.15, 0.2) is 60.0 Å². The summed E-state index contributed by atoms with van der Waals surface area (Å²) in [7, 11) is 0. The number of carbonyl (C=O) groups is 2. The number of imidazole rings is 1. The predicted octanol–water partition coefficient (Wildman–Crippen LogP) is 3.61. The van der Waals surface area contributed by atoms with Crippen molar-refractivity contribution in [2.75, 3.05) is 44.3 Å². The van der Waals surface area contributed by atoms with E-state index in [1.54, 1.807) is 18.0 Å². The van der Waals surface area contributed by atoms with Gasteiger partial charge in [0.2, 0.25) is 5.91 Å². The summed E-state index contributed by atoms with van der Waals surface area (Å²) in [5, 5.41) is 3.93. The van der Waals surface area contributed by atoms with Crippen molar-refractivity contribution in [2.45, 2.75) is 19.0 Å². The smallest absolute Gasteiger partial charge is 0.254 e. The summed E-state index contributed by atoms with van der Waals surface area (Å²) >= 11 is 1.56. The van der Waals surface area contributed by atoms with E-state index in [4.69, 9.17) is 0 Å². The number of piperazine rings is 1. The van der Waals surface area contributed by atoms with Gasteiger partial charge in [-0.05, 0) is 49.4 Å². The number of hydrogen-bond acceptors (Lipinski definition) is 5. The van der Waals surface area contributed by atoms with Crippen LogP contribution in [0.4, 0.5) is 5.69 Å². The lowest BCUT2D eigenvalue weighted by Crippen LogP contribution is -2.50. The van der Waals surface area contributed by atoms with E-state index in [1.807, 2.05) is 78.2 Å². The van der Waals surface area contributed by atoms with Crippen molar-refractivity contribution in [3.05, 3.63) is 71.5 Å². The van der Waals surface area contributed by atoms with Crippen LogP contribution in [-0.4, -0.2) is 70.1 Å². The average Bonchev–Trinajstić information content (AvgIpc) is 3.31. The molecule has 1 aliphatic heterocycles. The van der Waals surface area contributed by atoms with Gasteiger partial charge in [-0.1, -0.05) is 36.0 Å². The number of nitrogens with one attached hydrogen (secondary N) is 1. The molecule has 4 rings (SSSR count). The third-order valence-electron chi connectivity index (χ3n) is 5.93. The number of thioether (sulfide) groups is 1. The topological polar surface area (TPSA) is 70.5 Å². The van der Waals surface area contributed by atoms with Crippen molar-refractivity contribution in [3.63, 3.8) is 0 Å². The Balaban J connectivity index is 1.34. The van der Waals surface area contributed by atoms with Crippen LogP contribution < -0.4 is 5.32 Å². The second-order valence-electron chi connectivity index (χ2n) is 8.22. The number of para-hydroxylation sites is 1. The molecule has 1 saturated heterocycles. The van der Waals surface area contributed by atoms with Gasteiger partial charge >= 0.3 is 0 Å². The van der Waals surface area contributed by atoms with Gasteiger partial charge in [0, 0.05) is 55.5 Å². The van der Waals surface area contributed by atoms with Gasteiger partial charge in [-0.2, -0.15) is 0 Å². The molecule has 1 N–H and O–H groups in total. The first-order chi connectivity index (χ1) is 16.0. The molecule has 2 amide bonds. The molecule has 2 aromatic carbocycles. The standard InChI is InChI=1S/C25H29N5O2S/c1-18-6-4-7-19(2)23(18)27-22(31)17-28-12-14-29(15-13-28)24(32)20-8-5-9-21(16-20)30-11-10-26-25(30)33-3/h4-11,16H,12-15,17H2,1-3H3,(H,27,31). The Hall–Kier alpha value is -3.10. The molecule has 172 valence electrons. The Morgan fingerprint density at radius 1 is 1.03 bits per heavy atom. The summed E-state index contributed by atoms with van der Waals surface area (Å²) < 4.78 is 1.98. The predicted molar refractivity (Wildman–Crippen MR) is 132 cm³/mol. The van der Waals surface area contributed by atoms with E-state index in [0.717, 1.165) is 27.7 Å². The number of anilines is 1. The second-order valence-corrected chi connectivity index (χ2v) is 8.99. The highest BCUT2D eigenvalue weighted by molar-refractivity contribution is 7.98. The first kappa shape index (κ1) is 23.1. The van der Waals surface area contributed by atoms with Gasteiger partial charge < -0.3 is 10.2 Å². The molecule has 8 heteroatoms. The number of nitrogens with zero attached hydrogens (tertiary/aromatic N) is 4. The van der Waals surface area contributed by atoms with Crippen molar-refractivity contribution in [1.82, 2.24) is 19.4 Å². The van der Waals surface area contributed by atoms with Crippen molar-refractivity contribution in [1.29, 1.82) is 0 Å². The molecule has 1 aromatic heterocycles. The average molecular weight is 464 g/mol. The van der Waals surface area contributed by atoms with E-state index in [0.29, 0.717) is 38.3 Å². The Kier molecular flexibility index (Phi) is 7.15. The Morgan fingerprint density at radius 2 is 1.73 bits per heavy atom. The lowest BCUT2D eigenvalue weighted by molar-refractivity contribution is -0.117. The highest BCUT2D eigenvalue weighted by atomic mass is 32.2. The molecular weight excluding hydrogens is 434 g/mol. The fourth-order valence-electron chi connectivity index (χ4n) is 4.11. The van der Waals surface area contributed by atoms with Crippen LogP contribution in [0.25, 0.3) is 5.69 Å². The van der Waals surface area contributed by atoms with E-state index in [-0.39, 0.29) is 11.8 Å². The Morgan fingerprint density at radius 3 is 2.42 bits per heavy atom. The fourth-order valence-corrected chi connectivity index (χ4v) is 4.64. The molecular formula is C25H29N5O2S. The molecule has 1 aliphatic rings. The SMILES string of the molecule is CSc1nccn1-c1cccc(C(=O)N2CCN(CC(=O)Nc3c(C)cccc3C)CC2)c1. The van der Waals surface area contributed by atoms with Crippen LogP contribution in [-0.2, 0) is 4.79 Å². The van der Waals surface area contributed by atoms with Gasteiger partial charge in [-0.3, -0.25) is 19.1 Å². The number of hydrogen-bond donors (Lipinski definition) is 1. The molecule has 33 heavy (non-hydrogen) atoms. The summed E-state index contributed by atoms with van der Waals surface area (Å²) in [5.74, 6) is -0.00730. The van der Waals surface area contributed by atoms with Gasteiger partial charge in [0.25, 0.3) is 5.91 Å². The molecule has 2 heterocycles. The minimum atomic E-state index is -0.0233. The van der Waals surface area contributed by atoms with Gasteiger partial charge in [0.1, 0.15) is 0 Å². The van der Waals surface area contributed by atoms with Gasteiger partial charge in [-0.15, -0.1) is 0 Å². The fraction of sp³-hybridized carbons (Fsp3) is 0.320. The van der Waals surface area contributed by atoms with Crippen LogP contribution in [0.5, 0.6) is 0 Å². The second kappa shape index (κ2) is 10.2. The third kappa shape index (κ3) is 5.29. The van der Waals surface area contributed by atoms with Crippen LogP contribution in [0.2, 0.25) is 0 Å². The minimum absolute atomic E-state index is 0.0160. The van der Waals surface area contributed by atoms with E-state index < -0.39 is 0 Å². The molecule has 7 nitrogen and oxygen atoms in total. The summed E-state index contributed by atoms with van der Waals surface area (Å²) in [4.78, 5) is 34.0. The third-order valence-corrected chi connectivity index (χ3v) is 6.60. The van der Waals surface area contributed by atoms with Crippen molar-refractivity contribution >= 4 is 29.3 Å². The first-order valence-electron chi connectivity index (χ1n) is 11.0. The summed E-state index contributed by atoms with van der Waals surface area (Å²) in [6, 6.07) is 13.6. The van der Waals surface area contributed by atoms with E-state index in [1.165, 1.54) is 0 Å². The minimum Gasteiger partial charge on any atom is -0.336 e. The summed E-state index contributed by atoms with van der Waals surface area (Å²) in [6.07, 6.45) is 5.64. The molecule has 3 aromatic rings. The molecule has 0 aliphatic carbocycles. The van der Waals surface area contributed by atoms with Crippen LogP contribution >= 0.6 is 11.8 Å². The van der Waals surface area contributed by atoms with Crippen LogP contribution in [0.1, 0.15) is 21.5 Å². The number of rotatable bonds is 6. The van der Waals surface area contributed by atoms with Crippen molar-refractivity contribution in [3.8, 4) is 5.69 Å². The molecule has 0 bridgehead atoms. The molecule has 1 fully saturated rings. The van der Waals surface area contributed by atoms with E-state index >= 15 is 0 Å². The maximum atomic E-state index is 13.1. The molecule has 0 atom stereocenters. The molecule has 0 radical (unpaired) electrons. The largest absolute Gasteiger partial charge is 0.336 e. The number of benzene rings is 2. The lowest BCUT2D eigenvalue weighted by Gasteiger charge is -2.34. The van der Waals surface area contributed by atoms with Crippen molar-refractivity contribution in [2.24, 2.45) is 0 Å². The van der Waals surface area contributed by atoms with Gasteiger partial charge in [0.05, 0.1) is 6.54 Å². The molecule has 0 spiro atoms. The zero-order chi connectivity index (χ0) is 23.4. The normalized spacial score (nSPS) is 14.3. The van der Waals surface area contributed by atoms with Crippen LogP contribution in [0.3, 0.4) is 0 Å². The summed E-state index contributed by atoms with van der Waals surface area (Å²) in [5.41, 5.74) is 4.58. The van der Waals surface area contributed by atoms with E-state index in [9.17, 15) is 9.59 Å². The Labute approximate surface area is 198 Å². The first-order valence-corrected chi connectivity index (χ1v) is 12.2. The zero-order valence-electron chi connectivity index (χ0n) is 19.2. The maximum absolute atomic E-state index is 13.1. The number of aryl methyl sites for hydroxylation is 2. The molecule has 0 unspecified atom stereocenters. The zero-order valence-corrected chi connectivity index (χ0v) is 20.1. The maximum Gasteiger partial charge on any atom is 0.254 e. The molecule has 0 saturated carbocycles. The van der Waals surface area contributed by atoms with E-state index in [2.05, 4.69) is 15.2 Å². The van der Waals surface area contributed by atoms with Gasteiger partial charge in [-0.25, -0.2) is 4.98 Å². The number of aromatic nitrogens is 2. The number of amides is 2. The number of carbonyl (C=O) groups excluding carboxylic acids is 2.